The fraction of sp³-hybridized carbons (Fsp3) is 0.438. The lowest BCUT2D eigenvalue weighted by Crippen LogP contribution is -2.28. The number of nitrogens with two attached hydrogens (primary N) is 1. The zero-order valence-electron chi connectivity index (χ0n) is 12.7. The number of nitrogens with zero attached hydrogens (tertiary/aromatic N) is 3. The van der Waals surface area contributed by atoms with Crippen LogP contribution in [0, 0.1) is 12.8 Å². The molecular formula is C16H21N5O. The van der Waals surface area contributed by atoms with Gasteiger partial charge < -0.3 is 11.1 Å². The highest BCUT2D eigenvalue weighted by Gasteiger charge is 2.26. The van der Waals surface area contributed by atoms with Crippen molar-refractivity contribution in [2.45, 2.75) is 38.6 Å². The maximum absolute atomic E-state index is 12.3. The van der Waals surface area contributed by atoms with E-state index in [1.54, 1.807) is 12.4 Å². The quantitative estimate of drug-likeness (QED) is 0.904. The predicted octanol–water partition coefficient (Wildman–Crippen LogP) is 2.03. The smallest absolute Gasteiger partial charge is 0.224 e. The van der Waals surface area contributed by atoms with E-state index in [1.165, 1.54) is 0 Å². The lowest BCUT2D eigenvalue weighted by Gasteiger charge is -2.16. The maximum atomic E-state index is 12.3. The molecule has 0 bridgehead atoms. The van der Waals surface area contributed by atoms with Gasteiger partial charge in [0, 0.05) is 31.1 Å². The first-order valence-electron chi connectivity index (χ1n) is 7.66. The molecule has 1 aliphatic carbocycles. The molecule has 0 unspecified atom stereocenters. The summed E-state index contributed by atoms with van der Waals surface area (Å²) in [5.74, 6) is 1.79. The number of imidazole rings is 1. The van der Waals surface area contributed by atoms with Crippen LogP contribution in [0.1, 0.15) is 31.5 Å². The molecule has 1 aliphatic rings. The minimum Gasteiger partial charge on any atom is -0.327 e. The van der Waals surface area contributed by atoms with E-state index in [2.05, 4.69) is 15.3 Å². The molecule has 0 aliphatic heterocycles. The first-order valence-corrected chi connectivity index (χ1v) is 7.66. The number of hydrogen-bond donors (Lipinski definition) is 2. The Morgan fingerprint density at radius 1 is 1.41 bits per heavy atom. The third kappa shape index (κ3) is 3.01. The molecule has 1 amide bonds. The zero-order chi connectivity index (χ0) is 15.5. The van der Waals surface area contributed by atoms with Crippen molar-refractivity contribution in [1.29, 1.82) is 0 Å². The number of carbonyl (C=O) groups is 1. The summed E-state index contributed by atoms with van der Waals surface area (Å²) < 4.78 is 1.86. The summed E-state index contributed by atoms with van der Waals surface area (Å²) in [4.78, 5) is 20.9. The van der Waals surface area contributed by atoms with Gasteiger partial charge in [-0.25, -0.2) is 9.97 Å². The second-order valence-corrected chi connectivity index (χ2v) is 5.83. The Morgan fingerprint density at radius 3 is 2.95 bits per heavy atom. The molecule has 6 heteroatoms. The molecule has 0 spiro atoms. The van der Waals surface area contributed by atoms with Crippen molar-refractivity contribution in [3.8, 4) is 5.82 Å². The fourth-order valence-corrected chi connectivity index (χ4v) is 3.05. The summed E-state index contributed by atoms with van der Waals surface area (Å²) in [6.45, 7) is 1.90. The van der Waals surface area contributed by atoms with Crippen LogP contribution < -0.4 is 11.1 Å². The number of aryl methyl sites for hydroxylation is 1. The van der Waals surface area contributed by atoms with Gasteiger partial charge in [-0.3, -0.25) is 9.36 Å². The monoisotopic (exact) mass is 299 g/mol. The van der Waals surface area contributed by atoms with Crippen molar-refractivity contribution in [2.24, 2.45) is 11.7 Å². The third-order valence-corrected chi connectivity index (χ3v) is 4.28. The number of aromatic nitrogens is 3. The first kappa shape index (κ1) is 14.7. The molecule has 0 aromatic carbocycles. The molecular weight excluding hydrogens is 278 g/mol. The van der Waals surface area contributed by atoms with Gasteiger partial charge in [0.15, 0.2) is 5.82 Å². The number of anilines is 1. The lowest BCUT2D eigenvalue weighted by molar-refractivity contribution is -0.117. The molecule has 1 fully saturated rings. The maximum Gasteiger partial charge on any atom is 0.224 e. The van der Waals surface area contributed by atoms with Crippen molar-refractivity contribution in [3.05, 3.63) is 36.5 Å². The second-order valence-electron chi connectivity index (χ2n) is 5.83. The van der Waals surface area contributed by atoms with Gasteiger partial charge in [-0.15, -0.1) is 0 Å². The summed E-state index contributed by atoms with van der Waals surface area (Å²) in [5.41, 5.74) is 6.74. The van der Waals surface area contributed by atoms with E-state index >= 15 is 0 Å². The largest absolute Gasteiger partial charge is 0.327 e. The van der Waals surface area contributed by atoms with E-state index < -0.39 is 0 Å². The van der Waals surface area contributed by atoms with Crippen molar-refractivity contribution in [2.75, 3.05) is 5.32 Å². The molecule has 1 saturated carbocycles. The Morgan fingerprint density at radius 2 is 2.27 bits per heavy atom. The molecule has 116 valence electrons. The molecule has 6 nitrogen and oxygen atoms in total. The van der Waals surface area contributed by atoms with Gasteiger partial charge in [-0.1, -0.05) is 6.42 Å². The number of carbonyl (C=O) groups excluding carboxylic acids is 1. The van der Waals surface area contributed by atoms with E-state index in [9.17, 15) is 4.79 Å². The third-order valence-electron chi connectivity index (χ3n) is 4.28. The SMILES string of the molecule is Cc1nccn1-c1ncccc1NC(=O)C[C@@H]1CCC[C@H]1N. The van der Waals surface area contributed by atoms with Crippen LogP contribution >= 0.6 is 0 Å². The topological polar surface area (TPSA) is 85.8 Å². The fourth-order valence-electron chi connectivity index (χ4n) is 3.05. The van der Waals surface area contributed by atoms with Crippen LogP contribution in [0.4, 0.5) is 5.69 Å². The Kier molecular flexibility index (Phi) is 4.20. The van der Waals surface area contributed by atoms with Crippen LogP contribution in [0.25, 0.3) is 5.82 Å². The van der Waals surface area contributed by atoms with E-state index in [4.69, 9.17) is 5.73 Å². The molecule has 22 heavy (non-hydrogen) atoms. The van der Waals surface area contributed by atoms with Crippen LogP contribution in [0.2, 0.25) is 0 Å². The number of hydrogen-bond acceptors (Lipinski definition) is 4. The standard InChI is InChI=1S/C16H21N5O/c1-11-18-8-9-21(11)16-14(6-3-7-19-16)20-15(22)10-12-4-2-5-13(12)17/h3,6-9,12-13H,2,4-5,10,17H2,1H3,(H,20,22)/t12-,13+/m0/s1. The summed E-state index contributed by atoms with van der Waals surface area (Å²) >= 11 is 0. The van der Waals surface area contributed by atoms with Crippen LogP contribution in [0.5, 0.6) is 0 Å². The zero-order valence-corrected chi connectivity index (χ0v) is 12.7. The van der Waals surface area contributed by atoms with Gasteiger partial charge in [-0.2, -0.15) is 0 Å². The van der Waals surface area contributed by atoms with Crippen molar-refractivity contribution < 1.29 is 4.79 Å². The number of rotatable bonds is 4. The molecule has 2 aromatic heterocycles. The number of pyridine rings is 1. The molecule has 2 heterocycles. The van der Waals surface area contributed by atoms with Gasteiger partial charge in [0.1, 0.15) is 5.82 Å². The summed E-state index contributed by atoms with van der Waals surface area (Å²) in [6.07, 6.45) is 8.90. The van der Waals surface area contributed by atoms with Crippen LogP contribution in [-0.4, -0.2) is 26.5 Å². The molecule has 2 atom stereocenters. The first-order chi connectivity index (χ1) is 10.6. The molecule has 3 N–H and O–H groups in total. The summed E-state index contributed by atoms with van der Waals surface area (Å²) in [7, 11) is 0. The number of nitrogens with one attached hydrogen (secondary N) is 1. The second kappa shape index (κ2) is 6.27. The Labute approximate surface area is 129 Å². The van der Waals surface area contributed by atoms with Crippen LogP contribution in [0.3, 0.4) is 0 Å². The minimum atomic E-state index is -0.00521. The van der Waals surface area contributed by atoms with E-state index in [0.29, 0.717) is 17.9 Å². The van der Waals surface area contributed by atoms with Crippen molar-refractivity contribution in [1.82, 2.24) is 14.5 Å². The number of amides is 1. The van der Waals surface area contributed by atoms with Gasteiger partial charge in [0.2, 0.25) is 5.91 Å². The Bertz CT molecular complexity index is 666. The highest BCUT2D eigenvalue weighted by molar-refractivity contribution is 5.92. The molecule has 2 aromatic rings. The Balaban J connectivity index is 1.75. The summed E-state index contributed by atoms with van der Waals surface area (Å²) in [5, 5.41) is 2.97. The lowest BCUT2D eigenvalue weighted by atomic mass is 10.00. The normalized spacial score (nSPS) is 21.0. The molecule has 0 saturated heterocycles. The Hall–Kier alpha value is -2.21. The van der Waals surface area contributed by atoms with Gasteiger partial charge in [-0.05, 0) is 37.8 Å². The van der Waals surface area contributed by atoms with Gasteiger partial charge >= 0.3 is 0 Å². The van der Waals surface area contributed by atoms with E-state index in [-0.39, 0.29) is 17.9 Å². The highest BCUT2D eigenvalue weighted by atomic mass is 16.1. The van der Waals surface area contributed by atoms with Crippen LogP contribution in [0.15, 0.2) is 30.7 Å². The molecule has 0 radical (unpaired) electrons. The van der Waals surface area contributed by atoms with E-state index in [0.717, 1.165) is 25.1 Å². The van der Waals surface area contributed by atoms with Crippen LogP contribution in [-0.2, 0) is 4.79 Å². The minimum absolute atomic E-state index is 0.00521. The van der Waals surface area contributed by atoms with Gasteiger partial charge in [0.05, 0.1) is 5.69 Å². The van der Waals surface area contributed by atoms with Crippen molar-refractivity contribution >= 4 is 11.6 Å². The van der Waals surface area contributed by atoms with Crippen molar-refractivity contribution in [3.63, 3.8) is 0 Å². The predicted molar refractivity (Wildman–Crippen MR) is 84.7 cm³/mol. The average molecular weight is 299 g/mol. The molecule has 3 rings (SSSR count). The van der Waals surface area contributed by atoms with Gasteiger partial charge in [0.25, 0.3) is 0 Å². The highest BCUT2D eigenvalue weighted by Crippen LogP contribution is 2.27. The van der Waals surface area contributed by atoms with E-state index in [1.807, 2.05) is 29.8 Å². The summed E-state index contributed by atoms with van der Waals surface area (Å²) in [6, 6.07) is 3.82. The average Bonchev–Trinajstić information content (AvgIpc) is 3.09.